The fraction of sp³-hybridized carbons (Fsp3) is 0.280. The quantitative estimate of drug-likeness (QED) is 0.434. The van der Waals surface area contributed by atoms with Crippen molar-refractivity contribution in [1.82, 2.24) is 29.5 Å². The highest BCUT2D eigenvalue weighted by Gasteiger charge is 2.27. The monoisotopic (exact) mass is 487 g/mol. The summed E-state index contributed by atoms with van der Waals surface area (Å²) in [7, 11) is 20.8. The van der Waals surface area contributed by atoms with Gasteiger partial charge in [-0.15, -0.1) is 0 Å². The Kier molecular flexibility index (Phi) is 6.68. The molecule has 1 N–H and O–H groups in total. The van der Waals surface area contributed by atoms with Crippen molar-refractivity contribution >= 4 is 46.2 Å². The van der Waals surface area contributed by atoms with Crippen LogP contribution in [-0.4, -0.2) is 97.6 Å². The van der Waals surface area contributed by atoms with Gasteiger partial charge in [-0.1, -0.05) is 35.6 Å². The van der Waals surface area contributed by atoms with Crippen LogP contribution in [0.2, 0.25) is 0 Å². The number of ether oxygens (including phenoxy) is 1. The minimum absolute atomic E-state index is 0.265. The first-order chi connectivity index (χ1) is 17.7. The van der Waals surface area contributed by atoms with Gasteiger partial charge in [-0.2, -0.15) is 5.10 Å². The summed E-state index contributed by atoms with van der Waals surface area (Å²) in [5.41, 5.74) is 4.53. The summed E-state index contributed by atoms with van der Waals surface area (Å²) in [6.07, 6.45) is 3.45. The molecular formula is C25H24B3N7O2. The van der Waals surface area contributed by atoms with Crippen LogP contribution in [0.5, 0.6) is 5.75 Å². The minimum atomic E-state index is -1.41. The summed E-state index contributed by atoms with van der Waals surface area (Å²) in [5.74, 6) is 0.489. The van der Waals surface area contributed by atoms with Crippen molar-refractivity contribution in [2.24, 2.45) is 7.05 Å². The van der Waals surface area contributed by atoms with Crippen molar-refractivity contribution < 1.29 is 9.53 Å². The SMILES string of the molecule is [B]C([B])([B])N1CCN(C(=O)Nc2cc3c(-c4cn(C)nc4-c4ccccc4)ncnc3cc2OC)CC1. The number of anilines is 1. The summed E-state index contributed by atoms with van der Waals surface area (Å²) >= 11 is 0. The Labute approximate surface area is 219 Å². The number of urea groups is 1. The Hall–Kier alpha value is -3.79. The fourth-order valence-corrected chi connectivity index (χ4v) is 4.53. The van der Waals surface area contributed by atoms with Gasteiger partial charge >= 0.3 is 6.03 Å². The number of nitrogens with zero attached hydrogens (tertiary/aromatic N) is 6. The molecule has 0 unspecified atom stereocenters. The first-order valence-corrected chi connectivity index (χ1v) is 11.8. The first kappa shape index (κ1) is 24.9. The van der Waals surface area contributed by atoms with Crippen LogP contribution >= 0.6 is 0 Å². The van der Waals surface area contributed by atoms with Gasteiger partial charge < -0.3 is 19.9 Å². The summed E-state index contributed by atoms with van der Waals surface area (Å²) in [4.78, 5) is 25.6. The second kappa shape index (κ2) is 9.93. The number of piperazine rings is 1. The normalized spacial score (nSPS) is 14.6. The lowest BCUT2D eigenvalue weighted by atomic mass is 9.48. The number of aryl methyl sites for hydroxylation is 1. The molecule has 180 valence electrons. The zero-order valence-corrected chi connectivity index (χ0v) is 20.8. The van der Waals surface area contributed by atoms with E-state index in [1.807, 2.05) is 49.6 Å². The van der Waals surface area contributed by atoms with Gasteiger partial charge in [0.1, 0.15) is 17.8 Å². The second-order valence-electron chi connectivity index (χ2n) is 9.01. The third-order valence-electron chi connectivity index (χ3n) is 6.44. The van der Waals surface area contributed by atoms with E-state index in [2.05, 4.69) is 20.4 Å². The number of fused-ring (bicyclic) bond motifs is 1. The summed E-state index contributed by atoms with van der Waals surface area (Å²) in [6.45, 7) is 1.79. The van der Waals surface area contributed by atoms with Gasteiger partial charge in [0.25, 0.3) is 0 Å². The number of hydrogen-bond acceptors (Lipinski definition) is 6. The number of benzene rings is 2. The molecular weight excluding hydrogens is 463 g/mol. The number of carbonyl (C=O) groups excluding carboxylic acids is 1. The number of methoxy groups -OCH3 is 1. The largest absolute Gasteiger partial charge is 0.494 e. The van der Waals surface area contributed by atoms with Crippen LogP contribution in [0.4, 0.5) is 10.5 Å². The standard InChI is InChI=1S/C25H24B3N7O2/c1-33-14-18(22(32-33)16-6-4-3-5-7-16)23-17-12-20(21(37-2)13-19(17)29-15-30-23)31-24(36)34-8-10-35(11-9-34)25(26,27)28/h3-7,12-15H,8-11H2,1-2H3,(H,31,36). The molecule has 2 aromatic carbocycles. The van der Waals surface area contributed by atoms with Crippen molar-refractivity contribution in [3.8, 4) is 28.3 Å². The molecule has 4 aromatic rings. The van der Waals surface area contributed by atoms with Gasteiger partial charge in [0, 0.05) is 62.0 Å². The maximum atomic E-state index is 13.1. The van der Waals surface area contributed by atoms with Crippen LogP contribution in [0.1, 0.15) is 0 Å². The van der Waals surface area contributed by atoms with E-state index in [0.717, 1.165) is 22.2 Å². The Balaban J connectivity index is 1.49. The van der Waals surface area contributed by atoms with Gasteiger partial charge in [0.15, 0.2) is 0 Å². The molecule has 0 spiro atoms. The van der Waals surface area contributed by atoms with E-state index in [4.69, 9.17) is 28.3 Å². The Morgan fingerprint density at radius 1 is 1.03 bits per heavy atom. The van der Waals surface area contributed by atoms with E-state index >= 15 is 0 Å². The maximum absolute atomic E-state index is 13.1. The van der Waals surface area contributed by atoms with Crippen molar-refractivity contribution in [2.45, 2.75) is 5.24 Å². The average Bonchev–Trinajstić information content (AvgIpc) is 3.29. The molecule has 0 aliphatic carbocycles. The van der Waals surface area contributed by atoms with E-state index in [0.29, 0.717) is 48.8 Å². The molecule has 1 aliphatic rings. The zero-order valence-electron chi connectivity index (χ0n) is 20.8. The molecule has 2 amide bonds. The molecule has 1 fully saturated rings. The third kappa shape index (κ3) is 5.06. The lowest BCUT2D eigenvalue weighted by Crippen LogP contribution is -2.59. The third-order valence-corrected chi connectivity index (χ3v) is 6.44. The average molecular weight is 487 g/mol. The van der Waals surface area contributed by atoms with Gasteiger partial charge in [0.2, 0.25) is 0 Å². The van der Waals surface area contributed by atoms with Crippen LogP contribution in [0.3, 0.4) is 0 Å². The van der Waals surface area contributed by atoms with Gasteiger partial charge in [-0.25, -0.2) is 14.8 Å². The van der Waals surface area contributed by atoms with Gasteiger partial charge in [-0.3, -0.25) is 4.68 Å². The van der Waals surface area contributed by atoms with Gasteiger partial charge in [0.05, 0.1) is 47.5 Å². The number of amides is 2. The van der Waals surface area contributed by atoms with Crippen molar-refractivity contribution in [1.29, 1.82) is 0 Å². The topological polar surface area (TPSA) is 88.4 Å². The summed E-state index contributed by atoms with van der Waals surface area (Å²) in [6, 6.07) is 13.3. The molecule has 1 saturated heterocycles. The second-order valence-corrected chi connectivity index (χ2v) is 9.01. The fourth-order valence-electron chi connectivity index (χ4n) is 4.53. The maximum Gasteiger partial charge on any atom is 0.322 e. The molecule has 0 saturated carbocycles. The Bertz CT molecular complexity index is 1430. The highest BCUT2D eigenvalue weighted by atomic mass is 16.5. The zero-order chi connectivity index (χ0) is 26.2. The minimum Gasteiger partial charge on any atom is -0.494 e. The van der Waals surface area contributed by atoms with E-state index < -0.39 is 5.24 Å². The lowest BCUT2D eigenvalue weighted by Gasteiger charge is -2.43. The molecule has 9 nitrogen and oxygen atoms in total. The number of rotatable bonds is 5. The molecule has 6 radical (unpaired) electrons. The van der Waals surface area contributed by atoms with Gasteiger partial charge in [-0.05, 0) is 6.07 Å². The molecule has 0 bridgehead atoms. The highest BCUT2D eigenvalue weighted by Crippen LogP contribution is 2.37. The van der Waals surface area contributed by atoms with Crippen molar-refractivity contribution in [3.05, 3.63) is 55.0 Å². The molecule has 37 heavy (non-hydrogen) atoms. The van der Waals surface area contributed by atoms with Crippen molar-refractivity contribution in [3.63, 3.8) is 0 Å². The summed E-state index contributed by atoms with van der Waals surface area (Å²) in [5, 5.41) is 7.00. The first-order valence-electron chi connectivity index (χ1n) is 11.8. The summed E-state index contributed by atoms with van der Waals surface area (Å²) < 4.78 is 7.34. The van der Waals surface area contributed by atoms with Crippen LogP contribution in [-0.2, 0) is 7.05 Å². The molecule has 1 aliphatic heterocycles. The lowest BCUT2D eigenvalue weighted by molar-refractivity contribution is 0.145. The van der Waals surface area contributed by atoms with E-state index in [1.165, 1.54) is 6.33 Å². The van der Waals surface area contributed by atoms with E-state index in [1.54, 1.807) is 27.7 Å². The molecule has 5 rings (SSSR count). The molecule has 12 heteroatoms. The van der Waals surface area contributed by atoms with Crippen LogP contribution in [0, 0.1) is 0 Å². The molecule has 2 aromatic heterocycles. The number of carbonyl (C=O) groups is 1. The Morgan fingerprint density at radius 2 is 1.76 bits per heavy atom. The number of aromatic nitrogens is 4. The van der Waals surface area contributed by atoms with Crippen molar-refractivity contribution in [2.75, 3.05) is 38.6 Å². The Morgan fingerprint density at radius 3 is 2.43 bits per heavy atom. The van der Waals surface area contributed by atoms with Crippen LogP contribution < -0.4 is 10.1 Å². The number of hydrogen-bond donors (Lipinski definition) is 1. The molecule has 0 atom stereocenters. The van der Waals surface area contributed by atoms with Crippen LogP contribution in [0.25, 0.3) is 33.4 Å². The van der Waals surface area contributed by atoms with E-state index in [9.17, 15) is 4.79 Å². The predicted molar refractivity (Wildman–Crippen MR) is 146 cm³/mol. The number of nitrogens with one attached hydrogen (secondary N) is 1. The molecule has 3 heterocycles. The van der Waals surface area contributed by atoms with Crippen LogP contribution in [0.15, 0.2) is 55.0 Å². The van der Waals surface area contributed by atoms with E-state index in [-0.39, 0.29) is 6.03 Å². The highest BCUT2D eigenvalue weighted by molar-refractivity contribution is 6.59. The predicted octanol–water partition coefficient (Wildman–Crippen LogP) is 1.97. The smallest absolute Gasteiger partial charge is 0.322 e.